The van der Waals surface area contributed by atoms with Gasteiger partial charge in [0, 0.05) is 10.8 Å². The second-order valence-electron chi connectivity index (χ2n) is 6.07. The summed E-state index contributed by atoms with van der Waals surface area (Å²) >= 11 is 0. The van der Waals surface area contributed by atoms with Gasteiger partial charge in [-0.1, -0.05) is 56.2 Å². The molecule has 0 aliphatic rings. The predicted octanol–water partition coefficient (Wildman–Crippen LogP) is 6.50. The summed E-state index contributed by atoms with van der Waals surface area (Å²) in [4.78, 5) is 0. The Bertz CT molecular complexity index is 789. The van der Waals surface area contributed by atoms with Crippen molar-refractivity contribution in [2.45, 2.75) is 32.1 Å². The van der Waals surface area contributed by atoms with Crippen LogP contribution in [0.15, 0.2) is 69.5 Å². The molecule has 0 atom stereocenters. The van der Waals surface area contributed by atoms with Crippen molar-refractivity contribution in [3.63, 3.8) is 0 Å². The van der Waals surface area contributed by atoms with Crippen LogP contribution in [0.2, 0.25) is 0 Å². The number of hydrogen-bond donors (Lipinski definition) is 0. The average molecular weight is 304 g/mol. The molecular formula is C21H20O2. The van der Waals surface area contributed by atoms with Gasteiger partial charge in [-0.05, 0) is 30.7 Å². The molecule has 23 heavy (non-hydrogen) atoms. The second-order valence-corrected chi connectivity index (χ2v) is 6.07. The molecule has 4 rings (SSSR count). The molecule has 116 valence electrons. The largest absolute Gasteiger partial charge is 0.460 e. The van der Waals surface area contributed by atoms with E-state index in [2.05, 4.69) is 31.2 Å². The molecule has 0 saturated heterocycles. The van der Waals surface area contributed by atoms with Crippen molar-refractivity contribution in [1.82, 2.24) is 0 Å². The quantitative estimate of drug-likeness (QED) is 0.420. The fourth-order valence-corrected chi connectivity index (χ4v) is 3.18. The molecule has 2 aromatic carbocycles. The van der Waals surface area contributed by atoms with E-state index in [9.17, 15) is 0 Å². The zero-order valence-corrected chi connectivity index (χ0v) is 13.3. The van der Waals surface area contributed by atoms with Gasteiger partial charge in [0.25, 0.3) is 0 Å². The first-order valence-electron chi connectivity index (χ1n) is 8.32. The van der Waals surface area contributed by atoms with E-state index in [1.165, 1.54) is 0 Å². The fraction of sp³-hybridized carbons (Fsp3) is 0.238. The van der Waals surface area contributed by atoms with E-state index in [4.69, 9.17) is 8.83 Å². The normalized spacial score (nSPS) is 11.7. The molecule has 2 heterocycles. The SMILES string of the molecule is CCCCC(c1cc2ccccc2o1)c1cc2ccccc2o1. The number of benzene rings is 2. The highest BCUT2D eigenvalue weighted by Crippen LogP contribution is 2.36. The van der Waals surface area contributed by atoms with Crippen LogP contribution in [0.5, 0.6) is 0 Å². The molecule has 0 bridgehead atoms. The van der Waals surface area contributed by atoms with Crippen molar-refractivity contribution in [3.05, 3.63) is 72.2 Å². The van der Waals surface area contributed by atoms with Gasteiger partial charge in [-0.15, -0.1) is 0 Å². The molecule has 0 unspecified atom stereocenters. The van der Waals surface area contributed by atoms with E-state index in [1.807, 2.05) is 36.4 Å². The van der Waals surface area contributed by atoms with Gasteiger partial charge in [-0.25, -0.2) is 0 Å². The van der Waals surface area contributed by atoms with E-state index >= 15 is 0 Å². The van der Waals surface area contributed by atoms with E-state index in [-0.39, 0.29) is 5.92 Å². The first-order chi connectivity index (χ1) is 11.3. The third-order valence-corrected chi connectivity index (χ3v) is 4.42. The first-order valence-corrected chi connectivity index (χ1v) is 8.32. The summed E-state index contributed by atoms with van der Waals surface area (Å²) < 4.78 is 12.2. The summed E-state index contributed by atoms with van der Waals surface area (Å²) in [5.41, 5.74) is 1.89. The number of unbranched alkanes of at least 4 members (excludes halogenated alkanes) is 1. The minimum Gasteiger partial charge on any atom is -0.460 e. The van der Waals surface area contributed by atoms with Crippen LogP contribution < -0.4 is 0 Å². The molecule has 0 spiro atoms. The number of rotatable bonds is 5. The van der Waals surface area contributed by atoms with E-state index < -0.39 is 0 Å². The Kier molecular flexibility index (Phi) is 3.66. The average Bonchev–Trinajstić information content (AvgIpc) is 3.19. The standard InChI is InChI=1S/C21H20O2/c1-2-3-10-17(20-13-15-8-4-6-11-18(15)22-20)21-14-16-9-5-7-12-19(16)23-21/h4-9,11-14,17H,2-3,10H2,1H3. The maximum absolute atomic E-state index is 6.12. The van der Waals surface area contributed by atoms with E-state index in [1.54, 1.807) is 0 Å². The van der Waals surface area contributed by atoms with Gasteiger partial charge in [-0.3, -0.25) is 0 Å². The lowest BCUT2D eigenvalue weighted by atomic mass is 9.96. The van der Waals surface area contributed by atoms with Crippen LogP contribution in [0.3, 0.4) is 0 Å². The highest BCUT2D eigenvalue weighted by Gasteiger charge is 2.22. The smallest absolute Gasteiger partial charge is 0.134 e. The molecule has 0 radical (unpaired) electrons. The number of fused-ring (bicyclic) bond motifs is 2. The zero-order valence-electron chi connectivity index (χ0n) is 13.3. The van der Waals surface area contributed by atoms with Gasteiger partial charge >= 0.3 is 0 Å². The van der Waals surface area contributed by atoms with Crippen LogP contribution in [0.25, 0.3) is 21.9 Å². The highest BCUT2D eigenvalue weighted by atomic mass is 16.4. The van der Waals surface area contributed by atoms with Crippen LogP contribution in [0.1, 0.15) is 43.6 Å². The third-order valence-electron chi connectivity index (χ3n) is 4.42. The van der Waals surface area contributed by atoms with Gasteiger partial charge < -0.3 is 8.83 Å². The lowest BCUT2D eigenvalue weighted by Gasteiger charge is -2.11. The number of furan rings is 2. The van der Waals surface area contributed by atoms with Crippen molar-refractivity contribution in [2.75, 3.05) is 0 Å². The summed E-state index contributed by atoms with van der Waals surface area (Å²) in [7, 11) is 0. The monoisotopic (exact) mass is 304 g/mol. The molecule has 4 aromatic rings. The van der Waals surface area contributed by atoms with Gasteiger partial charge in [0.05, 0.1) is 5.92 Å². The Labute approximate surface area is 135 Å². The Morgan fingerprint density at radius 3 is 1.78 bits per heavy atom. The lowest BCUT2D eigenvalue weighted by Crippen LogP contribution is -1.98. The summed E-state index contributed by atoms with van der Waals surface area (Å²) in [6, 6.07) is 20.7. The topological polar surface area (TPSA) is 26.3 Å². The van der Waals surface area contributed by atoms with Crippen LogP contribution >= 0.6 is 0 Å². The first kappa shape index (κ1) is 14.1. The molecule has 0 amide bonds. The van der Waals surface area contributed by atoms with Crippen molar-refractivity contribution in [1.29, 1.82) is 0 Å². The summed E-state index contributed by atoms with van der Waals surface area (Å²) in [5.74, 6) is 2.17. The number of para-hydroxylation sites is 2. The number of hydrogen-bond acceptors (Lipinski definition) is 2. The lowest BCUT2D eigenvalue weighted by molar-refractivity contribution is 0.435. The minimum absolute atomic E-state index is 0.176. The Hall–Kier alpha value is -2.48. The van der Waals surface area contributed by atoms with Gasteiger partial charge in [0.2, 0.25) is 0 Å². The van der Waals surface area contributed by atoms with Crippen LogP contribution in [0, 0.1) is 0 Å². The van der Waals surface area contributed by atoms with Gasteiger partial charge in [0.15, 0.2) is 0 Å². The predicted molar refractivity (Wildman–Crippen MR) is 93.8 cm³/mol. The van der Waals surface area contributed by atoms with Gasteiger partial charge in [-0.2, -0.15) is 0 Å². The minimum atomic E-state index is 0.176. The Balaban J connectivity index is 1.79. The summed E-state index contributed by atoms with van der Waals surface area (Å²) in [5, 5.41) is 2.31. The van der Waals surface area contributed by atoms with E-state index in [0.717, 1.165) is 52.7 Å². The Morgan fingerprint density at radius 2 is 1.30 bits per heavy atom. The van der Waals surface area contributed by atoms with E-state index in [0.29, 0.717) is 0 Å². The molecule has 2 heteroatoms. The third kappa shape index (κ3) is 2.65. The molecule has 0 aliphatic heterocycles. The maximum Gasteiger partial charge on any atom is 0.134 e. The molecule has 0 saturated carbocycles. The second kappa shape index (κ2) is 5.96. The van der Waals surface area contributed by atoms with Crippen LogP contribution in [0.4, 0.5) is 0 Å². The van der Waals surface area contributed by atoms with Crippen molar-refractivity contribution in [2.24, 2.45) is 0 Å². The highest BCUT2D eigenvalue weighted by molar-refractivity contribution is 5.79. The molecule has 2 nitrogen and oxygen atoms in total. The zero-order chi connectivity index (χ0) is 15.6. The van der Waals surface area contributed by atoms with Gasteiger partial charge in [0.1, 0.15) is 22.7 Å². The fourth-order valence-electron chi connectivity index (χ4n) is 3.18. The van der Waals surface area contributed by atoms with Crippen molar-refractivity contribution < 1.29 is 8.83 Å². The van der Waals surface area contributed by atoms with Crippen molar-refractivity contribution >= 4 is 21.9 Å². The van der Waals surface area contributed by atoms with Crippen molar-refractivity contribution in [3.8, 4) is 0 Å². The molecule has 0 N–H and O–H groups in total. The molecule has 0 aliphatic carbocycles. The Morgan fingerprint density at radius 1 is 0.783 bits per heavy atom. The maximum atomic E-state index is 6.12. The van der Waals surface area contributed by atoms with Crippen LogP contribution in [-0.2, 0) is 0 Å². The van der Waals surface area contributed by atoms with Crippen LogP contribution in [-0.4, -0.2) is 0 Å². The molecular weight excluding hydrogens is 284 g/mol. The summed E-state index contributed by atoms with van der Waals surface area (Å²) in [6.45, 7) is 2.22. The molecule has 2 aromatic heterocycles. The summed E-state index contributed by atoms with van der Waals surface area (Å²) in [6.07, 6.45) is 3.35. The molecule has 0 fully saturated rings.